The molecule has 2 bridgehead atoms. The molecule has 1 spiro atoms. The molecule has 0 unspecified atom stereocenters. The number of ether oxygens (including phenoxy) is 1. The van der Waals surface area contributed by atoms with Gasteiger partial charge in [0, 0.05) is 10.8 Å². The minimum Gasteiger partial charge on any atom is -0.497 e. The summed E-state index contributed by atoms with van der Waals surface area (Å²) in [4.78, 5) is 13.2. The average Bonchev–Trinajstić information content (AvgIpc) is 3.12. The van der Waals surface area contributed by atoms with E-state index < -0.39 is 0 Å². The predicted molar refractivity (Wildman–Crippen MR) is 82.4 cm³/mol. The molecule has 4 atom stereocenters. The Labute approximate surface area is 126 Å². The van der Waals surface area contributed by atoms with Gasteiger partial charge >= 0.3 is 0 Å². The maximum Gasteiger partial charge on any atom is 0.146 e. The highest BCUT2D eigenvalue weighted by molar-refractivity contribution is 5.98. The number of hydrogen-bond donors (Lipinski definition) is 0. The quantitative estimate of drug-likeness (QED) is 0.814. The standard InChI is InChI=1S/C19H24O2/c1-17(2)15-9-10-18(17,3)16(20)19(15)11-14(19)12-5-7-13(21-4)8-6-12/h5-8,14-15H,9-11H2,1-4H3/t14-,15+,18-,19+/m1/s1. The first-order chi connectivity index (χ1) is 9.88. The minimum atomic E-state index is -0.0983. The van der Waals surface area contributed by atoms with Gasteiger partial charge in [-0.1, -0.05) is 32.9 Å². The molecule has 0 radical (unpaired) electrons. The number of rotatable bonds is 2. The zero-order valence-corrected chi connectivity index (χ0v) is 13.4. The molecular formula is C19H24O2. The van der Waals surface area contributed by atoms with Gasteiger partial charge in [-0.2, -0.15) is 0 Å². The topological polar surface area (TPSA) is 26.3 Å². The molecule has 0 aromatic heterocycles. The second-order valence-corrected chi connectivity index (χ2v) is 8.04. The molecule has 21 heavy (non-hydrogen) atoms. The van der Waals surface area contributed by atoms with Crippen LogP contribution in [0.3, 0.4) is 0 Å². The van der Waals surface area contributed by atoms with E-state index in [1.54, 1.807) is 7.11 Å². The van der Waals surface area contributed by atoms with E-state index >= 15 is 0 Å². The fourth-order valence-electron chi connectivity index (χ4n) is 5.65. The van der Waals surface area contributed by atoms with Crippen LogP contribution in [-0.2, 0) is 4.79 Å². The Hall–Kier alpha value is -1.31. The van der Waals surface area contributed by atoms with Gasteiger partial charge in [-0.25, -0.2) is 0 Å². The maximum atomic E-state index is 13.2. The summed E-state index contributed by atoms with van der Waals surface area (Å²) in [5.74, 6) is 2.44. The van der Waals surface area contributed by atoms with Crippen LogP contribution in [-0.4, -0.2) is 12.9 Å². The Morgan fingerprint density at radius 3 is 2.33 bits per heavy atom. The van der Waals surface area contributed by atoms with Crippen LogP contribution in [0, 0.1) is 22.2 Å². The number of carbonyl (C=O) groups excluding carboxylic acids is 1. The summed E-state index contributed by atoms with van der Waals surface area (Å²) in [6, 6.07) is 8.33. The molecule has 1 aromatic rings. The van der Waals surface area contributed by atoms with E-state index in [0.29, 0.717) is 17.6 Å². The predicted octanol–water partition coefficient (Wildman–Crippen LogP) is 4.19. The van der Waals surface area contributed by atoms with Crippen LogP contribution >= 0.6 is 0 Å². The average molecular weight is 284 g/mol. The smallest absolute Gasteiger partial charge is 0.146 e. The van der Waals surface area contributed by atoms with Crippen molar-refractivity contribution in [3.63, 3.8) is 0 Å². The summed E-state index contributed by atoms with van der Waals surface area (Å²) < 4.78 is 5.24. The van der Waals surface area contributed by atoms with Gasteiger partial charge in [-0.3, -0.25) is 4.79 Å². The van der Waals surface area contributed by atoms with E-state index in [1.165, 1.54) is 12.0 Å². The Morgan fingerprint density at radius 2 is 1.81 bits per heavy atom. The van der Waals surface area contributed by atoms with E-state index in [2.05, 4.69) is 32.9 Å². The molecule has 3 aliphatic carbocycles. The zero-order valence-electron chi connectivity index (χ0n) is 13.4. The molecule has 0 amide bonds. The second kappa shape index (κ2) is 3.71. The molecule has 2 nitrogen and oxygen atoms in total. The lowest BCUT2D eigenvalue weighted by molar-refractivity contribution is -0.133. The van der Waals surface area contributed by atoms with Crippen molar-refractivity contribution in [3.05, 3.63) is 29.8 Å². The summed E-state index contributed by atoms with van der Waals surface area (Å²) >= 11 is 0. The van der Waals surface area contributed by atoms with Gasteiger partial charge in [-0.05, 0) is 54.2 Å². The van der Waals surface area contributed by atoms with Gasteiger partial charge in [0.05, 0.1) is 7.11 Å². The molecule has 0 heterocycles. The van der Waals surface area contributed by atoms with Crippen LogP contribution in [0.2, 0.25) is 0 Å². The van der Waals surface area contributed by atoms with E-state index in [1.807, 2.05) is 12.1 Å². The van der Waals surface area contributed by atoms with Crippen LogP contribution in [0.15, 0.2) is 24.3 Å². The molecule has 0 N–H and O–H groups in total. The minimum absolute atomic E-state index is 0.0505. The van der Waals surface area contributed by atoms with Crippen molar-refractivity contribution < 1.29 is 9.53 Å². The summed E-state index contributed by atoms with van der Waals surface area (Å²) in [5.41, 5.74) is 1.33. The van der Waals surface area contributed by atoms with E-state index in [0.717, 1.165) is 18.6 Å². The number of methoxy groups -OCH3 is 1. The molecule has 112 valence electrons. The first-order valence-electron chi connectivity index (χ1n) is 8.07. The molecule has 1 aromatic carbocycles. The van der Waals surface area contributed by atoms with Crippen molar-refractivity contribution in [3.8, 4) is 5.75 Å². The third-order valence-corrected chi connectivity index (χ3v) is 7.29. The van der Waals surface area contributed by atoms with E-state index in [-0.39, 0.29) is 16.2 Å². The Morgan fingerprint density at radius 1 is 1.14 bits per heavy atom. The third-order valence-electron chi connectivity index (χ3n) is 7.29. The molecular weight excluding hydrogens is 260 g/mol. The molecule has 0 aliphatic heterocycles. The van der Waals surface area contributed by atoms with Gasteiger partial charge in [-0.15, -0.1) is 0 Å². The SMILES string of the molecule is COc1ccc([C@H]2C[C@]23C(=O)[C@@]2(C)CC[C@H]3C2(C)C)cc1. The summed E-state index contributed by atoms with van der Waals surface area (Å²) in [5, 5.41) is 0. The highest BCUT2D eigenvalue weighted by Gasteiger charge is 2.80. The van der Waals surface area contributed by atoms with Crippen molar-refractivity contribution in [1.29, 1.82) is 0 Å². The highest BCUT2D eigenvalue weighted by atomic mass is 16.5. The number of carbonyl (C=O) groups is 1. The summed E-state index contributed by atoms with van der Waals surface area (Å²) in [6.07, 6.45) is 3.37. The Bertz CT molecular complexity index is 615. The lowest BCUT2D eigenvalue weighted by atomic mass is 9.70. The van der Waals surface area contributed by atoms with E-state index in [9.17, 15) is 4.79 Å². The summed E-state index contributed by atoms with van der Waals surface area (Å²) in [6.45, 7) is 6.86. The fourth-order valence-corrected chi connectivity index (χ4v) is 5.65. The number of Topliss-reactive ketones (excluding diaryl/α,β-unsaturated/α-hetero) is 1. The van der Waals surface area contributed by atoms with Gasteiger partial charge in [0.1, 0.15) is 11.5 Å². The lowest BCUT2D eigenvalue weighted by Crippen LogP contribution is -2.34. The first kappa shape index (κ1) is 13.4. The maximum absolute atomic E-state index is 13.2. The third kappa shape index (κ3) is 1.32. The molecule has 0 saturated heterocycles. The fraction of sp³-hybridized carbons (Fsp3) is 0.632. The monoisotopic (exact) mass is 284 g/mol. The second-order valence-electron chi connectivity index (χ2n) is 8.04. The van der Waals surface area contributed by atoms with E-state index in [4.69, 9.17) is 4.74 Å². The highest BCUT2D eigenvalue weighted by Crippen LogP contribution is 2.81. The Kier molecular flexibility index (Phi) is 2.36. The van der Waals surface area contributed by atoms with Gasteiger partial charge in [0.2, 0.25) is 0 Å². The molecule has 4 rings (SSSR count). The van der Waals surface area contributed by atoms with Gasteiger partial charge in [0.15, 0.2) is 0 Å². The Balaban J connectivity index is 1.71. The lowest BCUT2D eigenvalue weighted by Gasteiger charge is -2.32. The van der Waals surface area contributed by atoms with Gasteiger partial charge < -0.3 is 4.74 Å². The van der Waals surface area contributed by atoms with Crippen LogP contribution in [0.25, 0.3) is 0 Å². The van der Waals surface area contributed by atoms with Crippen LogP contribution in [0.5, 0.6) is 5.75 Å². The van der Waals surface area contributed by atoms with Crippen molar-refractivity contribution in [2.24, 2.45) is 22.2 Å². The largest absolute Gasteiger partial charge is 0.497 e. The van der Waals surface area contributed by atoms with Crippen molar-refractivity contribution >= 4 is 5.78 Å². The summed E-state index contributed by atoms with van der Waals surface area (Å²) in [7, 11) is 1.69. The van der Waals surface area contributed by atoms with Crippen molar-refractivity contribution in [2.45, 2.75) is 46.0 Å². The van der Waals surface area contributed by atoms with Crippen molar-refractivity contribution in [2.75, 3.05) is 7.11 Å². The molecule has 3 saturated carbocycles. The molecule has 3 aliphatic rings. The number of ketones is 1. The normalized spacial score (nSPS) is 42.6. The van der Waals surface area contributed by atoms with Crippen LogP contribution in [0.4, 0.5) is 0 Å². The number of fused-ring (bicyclic) bond motifs is 3. The molecule has 3 fully saturated rings. The van der Waals surface area contributed by atoms with Crippen molar-refractivity contribution in [1.82, 2.24) is 0 Å². The number of benzene rings is 1. The van der Waals surface area contributed by atoms with Crippen LogP contribution < -0.4 is 4.74 Å². The molecule has 2 heteroatoms. The number of hydrogen-bond acceptors (Lipinski definition) is 2. The first-order valence-corrected chi connectivity index (χ1v) is 8.07. The van der Waals surface area contributed by atoms with Gasteiger partial charge in [0.25, 0.3) is 0 Å². The van der Waals surface area contributed by atoms with Crippen LogP contribution in [0.1, 0.15) is 51.5 Å². The zero-order chi connectivity index (χ0) is 15.0.